The van der Waals surface area contributed by atoms with Gasteiger partial charge in [-0.05, 0) is 20.3 Å². The van der Waals surface area contributed by atoms with Gasteiger partial charge in [-0.1, -0.05) is 6.08 Å². The second-order valence-corrected chi connectivity index (χ2v) is 11.6. The molecule has 3 fully saturated rings. The Bertz CT molecular complexity index is 1110. The summed E-state index contributed by atoms with van der Waals surface area (Å²) in [5.74, 6) is -4.48. The van der Waals surface area contributed by atoms with Crippen LogP contribution >= 0.6 is 0 Å². The molecule has 16 nitrogen and oxygen atoms in total. The first-order valence-electron chi connectivity index (χ1n) is 15.0. The molecular formula is C30H45NO15. The van der Waals surface area contributed by atoms with E-state index in [0.717, 1.165) is 20.8 Å². The van der Waals surface area contributed by atoms with Crippen molar-refractivity contribution < 1.29 is 71.3 Å². The number of amides is 1. The van der Waals surface area contributed by atoms with E-state index in [1.165, 1.54) is 13.8 Å². The Kier molecular flexibility index (Phi) is 13.5. The first kappa shape index (κ1) is 37.3. The fourth-order valence-corrected chi connectivity index (χ4v) is 5.57. The van der Waals surface area contributed by atoms with Gasteiger partial charge >= 0.3 is 23.9 Å². The van der Waals surface area contributed by atoms with Gasteiger partial charge in [-0.25, -0.2) is 0 Å². The minimum Gasteiger partial charge on any atom is -0.463 e. The number of carbonyl (C=O) groups is 5. The van der Waals surface area contributed by atoms with Crippen molar-refractivity contribution in [2.75, 3.05) is 26.4 Å². The van der Waals surface area contributed by atoms with Crippen LogP contribution in [0.1, 0.15) is 54.9 Å². The predicted octanol–water partition coefficient (Wildman–Crippen LogP) is 0.471. The Morgan fingerprint density at radius 2 is 1.48 bits per heavy atom. The lowest BCUT2D eigenvalue weighted by Gasteiger charge is -2.53. The Morgan fingerprint density at radius 3 is 2.07 bits per heavy atom. The molecule has 0 aliphatic carbocycles. The normalized spacial score (nSPS) is 33.5. The van der Waals surface area contributed by atoms with Gasteiger partial charge in [0.2, 0.25) is 5.91 Å². The van der Waals surface area contributed by atoms with Gasteiger partial charge in [0.1, 0.15) is 31.0 Å². The fraction of sp³-hybridized carbons (Fsp3) is 0.767. The monoisotopic (exact) mass is 659 g/mol. The molecule has 46 heavy (non-hydrogen) atoms. The molecule has 5 unspecified atom stereocenters. The molecule has 3 aliphatic heterocycles. The summed E-state index contributed by atoms with van der Waals surface area (Å²) in [6, 6.07) is -0.855. The van der Waals surface area contributed by atoms with Crippen LogP contribution < -0.4 is 5.32 Å². The maximum Gasteiger partial charge on any atom is 0.303 e. The number of carbonyl (C=O) groups excluding carboxylic acids is 5. The quantitative estimate of drug-likeness (QED) is 0.124. The third-order valence-corrected chi connectivity index (χ3v) is 7.20. The smallest absolute Gasteiger partial charge is 0.303 e. The van der Waals surface area contributed by atoms with Crippen LogP contribution in [0.4, 0.5) is 0 Å². The minimum absolute atomic E-state index is 0.118. The van der Waals surface area contributed by atoms with Crippen molar-refractivity contribution in [3.05, 3.63) is 12.7 Å². The summed E-state index contributed by atoms with van der Waals surface area (Å²) >= 11 is 0. The number of ether oxygens (including phenoxy) is 10. The van der Waals surface area contributed by atoms with E-state index < -0.39 is 103 Å². The summed E-state index contributed by atoms with van der Waals surface area (Å²) in [4.78, 5) is 61.0. The van der Waals surface area contributed by atoms with Crippen LogP contribution in [0.5, 0.6) is 0 Å². The van der Waals surface area contributed by atoms with Crippen LogP contribution in [0, 0.1) is 0 Å². The zero-order valence-electron chi connectivity index (χ0n) is 27.2. The largest absolute Gasteiger partial charge is 0.463 e. The molecule has 16 heteroatoms. The second-order valence-electron chi connectivity index (χ2n) is 11.6. The Balaban J connectivity index is 2.08. The second kappa shape index (κ2) is 16.6. The highest BCUT2D eigenvalue weighted by Gasteiger charge is 2.57. The van der Waals surface area contributed by atoms with Gasteiger partial charge in [0.25, 0.3) is 0 Å². The molecule has 0 saturated carbocycles. The van der Waals surface area contributed by atoms with Gasteiger partial charge in [0.05, 0.1) is 25.4 Å². The van der Waals surface area contributed by atoms with E-state index in [1.54, 1.807) is 19.9 Å². The van der Waals surface area contributed by atoms with Crippen LogP contribution in [-0.4, -0.2) is 123 Å². The van der Waals surface area contributed by atoms with Crippen LogP contribution in [0.3, 0.4) is 0 Å². The molecule has 1 N–H and O–H groups in total. The van der Waals surface area contributed by atoms with Crippen LogP contribution in [0.15, 0.2) is 12.7 Å². The minimum atomic E-state index is -1.52. The molecule has 0 aromatic heterocycles. The first-order valence-corrected chi connectivity index (χ1v) is 15.0. The molecule has 1 amide bonds. The van der Waals surface area contributed by atoms with E-state index in [2.05, 4.69) is 11.9 Å². The van der Waals surface area contributed by atoms with Crippen LogP contribution in [-0.2, 0) is 71.3 Å². The topological polar surface area (TPSA) is 190 Å². The Morgan fingerprint density at radius 1 is 0.848 bits per heavy atom. The number of rotatable bonds is 13. The molecule has 3 rings (SSSR count). The van der Waals surface area contributed by atoms with E-state index in [1.807, 2.05) is 0 Å². The molecule has 0 aromatic carbocycles. The molecule has 3 heterocycles. The predicted molar refractivity (Wildman–Crippen MR) is 154 cm³/mol. The summed E-state index contributed by atoms with van der Waals surface area (Å²) in [5.41, 5.74) is 0. The molecule has 3 saturated heterocycles. The van der Waals surface area contributed by atoms with E-state index in [-0.39, 0.29) is 13.2 Å². The molecule has 10 atom stereocenters. The number of hydrogen-bond donors (Lipinski definition) is 1. The summed E-state index contributed by atoms with van der Waals surface area (Å²) in [6.07, 6.45) is -8.35. The molecule has 0 bridgehead atoms. The zero-order chi connectivity index (χ0) is 34.2. The average molecular weight is 660 g/mol. The Labute approximate surface area is 267 Å². The van der Waals surface area contributed by atoms with E-state index in [4.69, 9.17) is 47.4 Å². The third kappa shape index (κ3) is 10.4. The summed E-state index contributed by atoms with van der Waals surface area (Å²) in [6.45, 7) is 13.2. The van der Waals surface area contributed by atoms with Gasteiger partial charge in [0.15, 0.2) is 30.4 Å². The maximum atomic E-state index is 12.5. The van der Waals surface area contributed by atoms with Crippen LogP contribution in [0.2, 0.25) is 0 Å². The van der Waals surface area contributed by atoms with Crippen molar-refractivity contribution in [3.63, 3.8) is 0 Å². The van der Waals surface area contributed by atoms with Gasteiger partial charge in [-0.2, -0.15) is 0 Å². The number of esters is 4. The number of fused-ring (bicyclic) bond motifs is 1. The number of nitrogens with one attached hydrogen (secondary N) is 1. The highest BCUT2D eigenvalue weighted by atomic mass is 16.8. The lowest BCUT2D eigenvalue weighted by atomic mass is 9.89. The third-order valence-electron chi connectivity index (χ3n) is 7.20. The molecule has 0 spiro atoms. The highest BCUT2D eigenvalue weighted by molar-refractivity contribution is 5.73. The summed E-state index contributed by atoms with van der Waals surface area (Å²) < 4.78 is 58.5. The van der Waals surface area contributed by atoms with Crippen LogP contribution in [0.25, 0.3) is 0 Å². The van der Waals surface area contributed by atoms with Crippen molar-refractivity contribution in [2.45, 2.75) is 122 Å². The molecule has 3 aliphatic rings. The highest BCUT2D eigenvalue weighted by Crippen LogP contribution is 2.38. The van der Waals surface area contributed by atoms with E-state index >= 15 is 0 Å². The van der Waals surface area contributed by atoms with Gasteiger partial charge in [-0.3, -0.25) is 24.0 Å². The first-order chi connectivity index (χ1) is 21.6. The SMILES string of the molecule is C=CCOCC[C@H]1O[C@@H]2COC(C)(C)O[C@@H]2[C@H](OC2OC(COC(C)=O)C(OC(C)=O)C(OC(C)=O)C2OC(C)=O)[C@H]1NC(C)=O. The van der Waals surface area contributed by atoms with Gasteiger partial charge in [-0.15, -0.1) is 6.58 Å². The summed E-state index contributed by atoms with van der Waals surface area (Å²) in [7, 11) is 0. The average Bonchev–Trinajstić information content (AvgIpc) is 2.93. The number of hydrogen-bond acceptors (Lipinski definition) is 15. The molecular weight excluding hydrogens is 614 g/mol. The van der Waals surface area contributed by atoms with Crippen molar-refractivity contribution in [1.82, 2.24) is 5.32 Å². The molecule has 260 valence electrons. The van der Waals surface area contributed by atoms with Gasteiger partial charge in [0, 0.05) is 41.2 Å². The van der Waals surface area contributed by atoms with E-state index in [9.17, 15) is 24.0 Å². The standard InChI is InChI=1S/C30H45NO15/c1-9-11-37-12-10-20-23(31-15(2)32)26(25-22(43-20)14-39-30(7,8)46-25)45-29-28(42-19(6)36)27(41-18(5)35)24(40-17(4)34)21(44-29)13-38-16(3)33/h9,20-29H,1,10-14H2,2-8H3,(H,31,32)/t20-,21?,22-,23+,24?,25+,26-,27?,28?,29?/m1/s1. The zero-order valence-corrected chi connectivity index (χ0v) is 27.2. The van der Waals surface area contributed by atoms with E-state index in [0.29, 0.717) is 13.0 Å². The van der Waals surface area contributed by atoms with Crippen molar-refractivity contribution in [1.29, 1.82) is 0 Å². The lowest BCUT2D eigenvalue weighted by Crippen LogP contribution is -2.71. The maximum absolute atomic E-state index is 12.5. The van der Waals surface area contributed by atoms with Crippen molar-refractivity contribution >= 4 is 29.8 Å². The van der Waals surface area contributed by atoms with Crippen molar-refractivity contribution in [2.24, 2.45) is 0 Å². The Hall–Kier alpha value is -3.15. The van der Waals surface area contributed by atoms with Gasteiger partial charge < -0.3 is 52.7 Å². The van der Waals surface area contributed by atoms with Crippen molar-refractivity contribution in [3.8, 4) is 0 Å². The fourth-order valence-electron chi connectivity index (χ4n) is 5.57. The summed E-state index contributed by atoms with van der Waals surface area (Å²) in [5, 5.41) is 2.89. The molecule has 0 aromatic rings. The molecule has 0 radical (unpaired) electrons. The lowest BCUT2D eigenvalue weighted by molar-refractivity contribution is -0.378.